The zero-order valence-corrected chi connectivity index (χ0v) is 18.6. The van der Waals surface area contributed by atoms with Crippen LogP contribution in [-0.4, -0.2) is 56.7 Å². The van der Waals surface area contributed by atoms with Gasteiger partial charge >= 0.3 is 0 Å². The number of carbonyl (C=O) groups excluding carboxylic acids is 2. The Bertz CT molecular complexity index is 1210. The van der Waals surface area contributed by atoms with Gasteiger partial charge in [-0.3, -0.25) is 19.0 Å². The summed E-state index contributed by atoms with van der Waals surface area (Å²) in [4.78, 5) is 43.3. The van der Waals surface area contributed by atoms with Crippen molar-refractivity contribution in [2.24, 2.45) is 7.05 Å². The van der Waals surface area contributed by atoms with Crippen molar-refractivity contribution in [1.29, 1.82) is 0 Å². The molecule has 0 spiro atoms. The Morgan fingerprint density at radius 3 is 2.85 bits per heavy atom. The average molecular weight is 467 g/mol. The number of amides is 2. The number of ether oxygens (including phenoxy) is 1. The summed E-state index contributed by atoms with van der Waals surface area (Å²) in [5, 5.41) is 16.4. The lowest BCUT2D eigenvalue weighted by Gasteiger charge is -2.41. The van der Waals surface area contributed by atoms with Crippen molar-refractivity contribution in [2.75, 3.05) is 25.0 Å². The number of rotatable bonds is 8. The monoisotopic (exact) mass is 467 g/mol. The molecule has 1 aliphatic heterocycles. The first kappa shape index (κ1) is 23.2. The molecule has 0 radical (unpaired) electrons. The number of nitrogens with one attached hydrogen (secondary N) is 1. The molecular weight excluding hydrogens is 442 g/mol. The molecule has 11 heteroatoms. The van der Waals surface area contributed by atoms with Gasteiger partial charge in [0.2, 0.25) is 12.2 Å². The number of benzene rings is 1. The van der Waals surface area contributed by atoms with E-state index >= 15 is 0 Å². The van der Waals surface area contributed by atoms with E-state index in [9.17, 15) is 19.5 Å². The maximum absolute atomic E-state index is 12.9. The zero-order valence-electron chi connectivity index (χ0n) is 18.6. The fourth-order valence-electron chi connectivity index (χ4n) is 4.24. The van der Waals surface area contributed by atoms with E-state index in [4.69, 9.17) is 9.26 Å². The second-order valence-corrected chi connectivity index (χ2v) is 8.30. The van der Waals surface area contributed by atoms with Crippen LogP contribution in [0.2, 0.25) is 0 Å². The maximum atomic E-state index is 12.9. The maximum Gasteiger partial charge on any atom is 0.296 e. The molecule has 3 heterocycles. The number of anilines is 1. The summed E-state index contributed by atoms with van der Waals surface area (Å²) in [6.07, 6.45) is 4.47. The van der Waals surface area contributed by atoms with Crippen LogP contribution in [0.4, 0.5) is 5.69 Å². The third kappa shape index (κ3) is 4.69. The van der Waals surface area contributed by atoms with Crippen LogP contribution in [0.25, 0.3) is 0 Å². The van der Waals surface area contributed by atoms with Gasteiger partial charge in [0.05, 0.1) is 24.8 Å². The minimum Gasteiger partial charge on any atom is -0.501 e. The predicted octanol–water partition coefficient (Wildman–Crippen LogP) is 1.43. The van der Waals surface area contributed by atoms with E-state index in [1.807, 2.05) is 30.3 Å². The molecule has 1 aromatic carbocycles. The van der Waals surface area contributed by atoms with E-state index in [0.717, 1.165) is 12.0 Å². The molecule has 178 valence electrons. The summed E-state index contributed by atoms with van der Waals surface area (Å²) in [7, 11) is 1.48. The van der Waals surface area contributed by atoms with Gasteiger partial charge in [0.15, 0.2) is 5.69 Å². The van der Waals surface area contributed by atoms with E-state index in [0.29, 0.717) is 26.0 Å². The van der Waals surface area contributed by atoms with Crippen LogP contribution >= 0.6 is 0 Å². The number of nitrogens with zero attached hydrogens (tertiary/aromatic N) is 4. The van der Waals surface area contributed by atoms with Crippen molar-refractivity contribution < 1.29 is 24.0 Å². The number of hydrogen-bond acceptors (Lipinski definition) is 8. The smallest absolute Gasteiger partial charge is 0.296 e. The summed E-state index contributed by atoms with van der Waals surface area (Å²) in [5.41, 5.74) is -0.834. The summed E-state index contributed by atoms with van der Waals surface area (Å²) in [6, 6.07) is 9.61. The summed E-state index contributed by atoms with van der Waals surface area (Å²) in [6.45, 7) is 1.31. The van der Waals surface area contributed by atoms with Gasteiger partial charge in [-0.1, -0.05) is 35.5 Å². The average Bonchev–Trinajstić information content (AvgIpc) is 3.36. The van der Waals surface area contributed by atoms with Crippen molar-refractivity contribution in [1.82, 2.24) is 19.6 Å². The van der Waals surface area contributed by atoms with Gasteiger partial charge in [-0.2, -0.15) is 0 Å². The van der Waals surface area contributed by atoms with Gasteiger partial charge in [-0.15, -0.1) is 0 Å². The number of likely N-dealkylation sites (tertiary alicyclic amines) is 1. The van der Waals surface area contributed by atoms with Crippen LogP contribution in [0, 0.1) is 0 Å². The highest BCUT2D eigenvalue weighted by atomic mass is 16.5. The van der Waals surface area contributed by atoms with Gasteiger partial charge in [0.1, 0.15) is 17.8 Å². The molecule has 4 rings (SSSR count). The first-order valence-electron chi connectivity index (χ1n) is 10.8. The molecule has 3 aromatic rings. The molecule has 0 aliphatic carbocycles. The fraction of sp³-hybridized carbons (Fsp3) is 0.348. The van der Waals surface area contributed by atoms with Crippen LogP contribution < -0.4 is 10.9 Å². The van der Waals surface area contributed by atoms with Gasteiger partial charge in [-0.05, 0) is 18.4 Å². The van der Waals surface area contributed by atoms with Crippen LogP contribution in [0.5, 0.6) is 5.75 Å². The molecule has 0 bridgehead atoms. The molecular formula is C23H25N5O6. The van der Waals surface area contributed by atoms with Crippen LogP contribution in [0.15, 0.2) is 52.1 Å². The van der Waals surface area contributed by atoms with Crippen molar-refractivity contribution in [2.45, 2.75) is 24.9 Å². The van der Waals surface area contributed by atoms with Gasteiger partial charge in [-0.25, -0.2) is 4.98 Å². The third-order valence-corrected chi connectivity index (χ3v) is 5.89. The van der Waals surface area contributed by atoms with E-state index in [1.165, 1.54) is 24.1 Å². The number of piperidine rings is 1. The largest absolute Gasteiger partial charge is 0.501 e. The standard InChI is InChI=1S/C23H25N5O6/c1-27-21(32)19(30)18(20(31)25-17-10-24-34-12-17)26-22(27)23(8-5-9-28(13-23)15-29)14-33-11-16-6-3-2-4-7-16/h2-4,6-7,10,12,15,30H,5,8-9,11,13-14H2,1H3,(H,25,31). The minimum absolute atomic E-state index is 0.157. The molecule has 2 N–H and O–H groups in total. The first-order valence-corrected chi connectivity index (χ1v) is 10.8. The van der Waals surface area contributed by atoms with Gasteiger partial charge < -0.3 is 24.6 Å². The first-order chi connectivity index (χ1) is 16.4. The SMILES string of the molecule is Cn1c(C2(COCc3ccccc3)CCCN(C=O)C2)nc(C(=O)Nc2cnoc2)c(O)c1=O. The van der Waals surface area contributed by atoms with Crippen LogP contribution in [0.1, 0.15) is 34.7 Å². The fourth-order valence-corrected chi connectivity index (χ4v) is 4.24. The Morgan fingerprint density at radius 2 is 2.15 bits per heavy atom. The highest BCUT2D eigenvalue weighted by Gasteiger charge is 2.42. The Hall–Kier alpha value is -3.99. The molecule has 34 heavy (non-hydrogen) atoms. The lowest BCUT2D eigenvalue weighted by atomic mass is 9.79. The lowest BCUT2D eigenvalue weighted by Crippen LogP contribution is -2.51. The Kier molecular flexibility index (Phi) is 6.73. The second-order valence-electron chi connectivity index (χ2n) is 8.30. The zero-order chi connectivity index (χ0) is 24.1. The minimum atomic E-state index is -0.859. The van der Waals surface area contributed by atoms with Gasteiger partial charge in [0, 0.05) is 20.1 Å². The Labute approximate surface area is 195 Å². The molecule has 1 aliphatic rings. The molecule has 1 atom stereocenters. The number of aromatic nitrogens is 3. The Morgan fingerprint density at radius 1 is 1.35 bits per heavy atom. The highest BCUT2D eigenvalue weighted by molar-refractivity contribution is 6.04. The lowest BCUT2D eigenvalue weighted by molar-refractivity contribution is -0.121. The molecule has 1 unspecified atom stereocenters. The predicted molar refractivity (Wildman–Crippen MR) is 120 cm³/mol. The molecule has 2 aromatic heterocycles. The quantitative estimate of drug-likeness (QED) is 0.474. The van der Waals surface area contributed by atoms with E-state index in [1.54, 1.807) is 4.90 Å². The number of hydrogen-bond donors (Lipinski definition) is 2. The van der Waals surface area contributed by atoms with Crippen molar-refractivity contribution >= 4 is 18.0 Å². The third-order valence-electron chi connectivity index (χ3n) is 5.89. The van der Waals surface area contributed by atoms with E-state index in [-0.39, 0.29) is 24.7 Å². The normalized spacial score (nSPS) is 18.0. The van der Waals surface area contributed by atoms with Crippen LogP contribution in [0.3, 0.4) is 0 Å². The topological polar surface area (TPSA) is 140 Å². The summed E-state index contributed by atoms with van der Waals surface area (Å²) >= 11 is 0. The molecule has 11 nitrogen and oxygen atoms in total. The molecule has 1 fully saturated rings. The summed E-state index contributed by atoms with van der Waals surface area (Å²) < 4.78 is 11.9. The van der Waals surface area contributed by atoms with Crippen molar-refractivity contribution in [3.8, 4) is 5.75 Å². The number of aromatic hydroxyl groups is 1. The molecule has 0 saturated carbocycles. The van der Waals surface area contributed by atoms with Crippen molar-refractivity contribution in [3.05, 3.63) is 70.2 Å². The molecule has 2 amide bonds. The van der Waals surface area contributed by atoms with Crippen LogP contribution in [-0.2, 0) is 28.6 Å². The van der Waals surface area contributed by atoms with E-state index in [2.05, 4.69) is 15.5 Å². The van der Waals surface area contributed by atoms with E-state index < -0.39 is 28.3 Å². The molecule has 1 saturated heterocycles. The summed E-state index contributed by atoms with van der Waals surface area (Å²) in [5.74, 6) is -1.31. The Balaban J connectivity index is 1.71. The number of carbonyl (C=O) groups is 2. The second kappa shape index (κ2) is 9.87. The van der Waals surface area contributed by atoms with Crippen molar-refractivity contribution in [3.63, 3.8) is 0 Å². The van der Waals surface area contributed by atoms with Gasteiger partial charge in [0.25, 0.3) is 11.5 Å². The highest BCUT2D eigenvalue weighted by Crippen LogP contribution is 2.34.